The maximum absolute atomic E-state index is 10.4. The van der Waals surface area contributed by atoms with Crippen molar-refractivity contribution in [3.63, 3.8) is 0 Å². The van der Waals surface area contributed by atoms with Gasteiger partial charge in [-0.2, -0.15) is 0 Å². The van der Waals surface area contributed by atoms with Crippen molar-refractivity contribution in [1.29, 1.82) is 0 Å². The lowest BCUT2D eigenvalue weighted by atomic mass is 10.1. The van der Waals surface area contributed by atoms with Gasteiger partial charge in [0, 0.05) is 7.11 Å². The van der Waals surface area contributed by atoms with E-state index in [4.69, 9.17) is 4.74 Å². The number of aldehydes is 1. The number of ether oxygens (including phenoxy) is 1. The number of carbonyl (C=O) groups excluding carboxylic acids is 1. The highest BCUT2D eigenvalue weighted by molar-refractivity contribution is 6.83. The second kappa shape index (κ2) is 7.43. The molecule has 0 heterocycles. The summed E-state index contributed by atoms with van der Waals surface area (Å²) < 4.78 is 5.29. The highest BCUT2D eigenvalue weighted by Gasteiger charge is 2.09. The SMILES string of the molecule is CO[C@H](C#C[Si](C)(C)C)CC/C=C(/C)C=O. The minimum absolute atomic E-state index is 0.0116. The van der Waals surface area contributed by atoms with E-state index in [0.29, 0.717) is 0 Å². The van der Waals surface area contributed by atoms with Crippen molar-refractivity contribution in [3.05, 3.63) is 11.6 Å². The fraction of sp³-hybridized carbons (Fsp3) is 0.615. The molecule has 0 fully saturated rings. The first-order chi connectivity index (χ1) is 7.39. The standard InChI is InChI=1S/C13H22O2Si/c1-12(11-14)7-6-8-13(15-2)9-10-16(3,4)5/h7,11,13H,6,8H2,1-5H3/b12-7-/t13-/m0/s1. The maximum Gasteiger partial charge on any atom is 0.145 e. The Kier molecular flexibility index (Phi) is 7.03. The molecule has 3 heteroatoms. The molecule has 0 aromatic carbocycles. The predicted octanol–water partition coefficient (Wildman–Crippen LogP) is 2.81. The van der Waals surface area contributed by atoms with Crippen molar-refractivity contribution >= 4 is 14.4 Å². The quantitative estimate of drug-likeness (QED) is 0.319. The lowest BCUT2D eigenvalue weighted by Gasteiger charge is -2.09. The van der Waals surface area contributed by atoms with Gasteiger partial charge < -0.3 is 4.74 Å². The van der Waals surface area contributed by atoms with Crippen LogP contribution in [0.15, 0.2) is 11.6 Å². The fourth-order valence-corrected chi connectivity index (χ4v) is 1.65. The van der Waals surface area contributed by atoms with Crippen molar-refractivity contribution in [1.82, 2.24) is 0 Å². The molecule has 0 aliphatic rings. The summed E-state index contributed by atoms with van der Waals surface area (Å²) in [5, 5.41) is 0. The van der Waals surface area contributed by atoms with Crippen molar-refractivity contribution in [2.45, 2.75) is 45.5 Å². The number of allylic oxidation sites excluding steroid dienone is 2. The Morgan fingerprint density at radius 1 is 1.44 bits per heavy atom. The van der Waals surface area contributed by atoms with Crippen LogP contribution in [-0.4, -0.2) is 27.6 Å². The van der Waals surface area contributed by atoms with Gasteiger partial charge in [0.2, 0.25) is 0 Å². The summed E-state index contributed by atoms with van der Waals surface area (Å²) in [6.07, 6.45) is 4.47. The van der Waals surface area contributed by atoms with Crippen LogP contribution in [0.2, 0.25) is 19.6 Å². The average molecular weight is 238 g/mol. The van der Waals surface area contributed by atoms with Crippen LogP contribution in [0.4, 0.5) is 0 Å². The monoisotopic (exact) mass is 238 g/mol. The molecule has 0 spiro atoms. The minimum Gasteiger partial charge on any atom is -0.369 e. The zero-order chi connectivity index (χ0) is 12.6. The van der Waals surface area contributed by atoms with Crippen LogP contribution in [0, 0.1) is 11.5 Å². The van der Waals surface area contributed by atoms with Crippen molar-refractivity contribution in [2.75, 3.05) is 7.11 Å². The third kappa shape index (κ3) is 8.45. The second-order valence-corrected chi connectivity index (χ2v) is 9.64. The Bertz CT molecular complexity index is 302. The molecule has 0 radical (unpaired) electrons. The van der Waals surface area contributed by atoms with E-state index < -0.39 is 8.07 Å². The average Bonchev–Trinajstić information content (AvgIpc) is 2.21. The third-order valence-corrected chi connectivity index (χ3v) is 2.87. The summed E-state index contributed by atoms with van der Waals surface area (Å²) >= 11 is 0. The lowest BCUT2D eigenvalue weighted by Crippen LogP contribution is -2.18. The molecule has 0 rings (SSSR count). The van der Waals surface area contributed by atoms with Gasteiger partial charge in [0.1, 0.15) is 20.5 Å². The van der Waals surface area contributed by atoms with Gasteiger partial charge in [-0.25, -0.2) is 0 Å². The molecular weight excluding hydrogens is 216 g/mol. The molecule has 0 unspecified atom stereocenters. The second-order valence-electron chi connectivity index (χ2n) is 4.89. The van der Waals surface area contributed by atoms with Crippen LogP contribution in [0.5, 0.6) is 0 Å². The van der Waals surface area contributed by atoms with Crippen LogP contribution in [0.1, 0.15) is 19.8 Å². The maximum atomic E-state index is 10.4. The van der Waals surface area contributed by atoms with Gasteiger partial charge in [-0.05, 0) is 25.3 Å². The molecular formula is C13H22O2Si. The molecule has 0 saturated heterocycles. The van der Waals surface area contributed by atoms with Gasteiger partial charge in [-0.15, -0.1) is 5.54 Å². The van der Waals surface area contributed by atoms with Gasteiger partial charge in [0.05, 0.1) is 0 Å². The van der Waals surface area contributed by atoms with E-state index in [-0.39, 0.29) is 6.10 Å². The Morgan fingerprint density at radius 2 is 2.06 bits per heavy atom. The van der Waals surface area contributed by atoms with Gasteiger partial charge in [0.25, 0.3) is 0 Å². The van der Waals surface area contributed by atoms with Crippen molar-refractivity contribution in [3.8, 4) is 11.5 Å². The largest absolute Gasteiger partial charge is 0.369 e. The summed E-state index contributed by atoms with van der Waals surface area (Å²) in [7, 11) is 0.364. The molecule has 1 atom stereocenters. The summed E-state index contributed by atoms with van der Waals surface area (Å²) in [6.45, 7) is 8.44. The predicted molar refractivity (Wildman–Crippen MR) is 71.0 cm³/mol. The Morgan fingerprint density at radius 3 is 2.50 bits per heavy atom. The summed E-state index contributed by atoms with van der Waals surface area (Å²) in [6, 6.07) is 0. The van der Waals surface area contributed by atoms with E-state index in [1.165, 1.54) is 0 Å². The van der Waals surface area contributed by atoms with E-state index >= 15 is 0 Å². The van der Waals surface area contributed by atoms with E-state index in [2.05, 4.69) is 31.1 Å². The van der Waals surface area contributed by atoms with Gasteiger partial charge in [0.15, 0.2) is 0 Å². The Balaban J connectivity index is 4.21. The van der Waals surface area contributed by atoms with Crippen molar-refractivity contribution in [2.24, 2.45) is 0 Å². The van der Waals surface area contributed by atoms with Crippen LogP contribution in [0.3, 0.4) is 0 Å². The normalized spacial score (nSPS) is 13.9. The van der Waals surface area contributed by atoms with E-state index in [0.717, 1.165) is 24.7 Å². The molecule has 0 amide bonds. The van der Waals surface area contributed by atoms with Crippen LogP contribution in [0.25, 0.3) is 0 Å². The molecule has 0 aromatic heterocycles. The molecule has 0 aromatic rings. The molecule has 0 aliphatic heterocycles. The van der Waals surface area contributed by atoms with Gasteiger partial charge >= 0.3 is 0 Å². The first kappa shape index (κ1) is 15.1. The molecule has 2 nitrogen and oxygen atoms in total. The molecule has 16 heavy (non-hydrogen) atoms. The Hall–Kier alpha value is -0.853. The van der Waals surface area contributed by atoms with Gasteiger partial charge in [-0.3, -0.25) is 4.79 Å². The molecule has 0 saturated carbocycles. The highest BCUT2D eigenvalue weighted by atomic mass is 28.3. The number of rotatable bonds is 5. The number of carbonyl (C=O) groups is 1. The highest BCUT2D eigenvalue weighted by Crippen LogP contribution is 2.04. The van der Waals surface area contributed by atoms with E-state index in [1.54, 1.807) is 7.11 Å². The molecule has 0 aliphatic carbocycles. The zero-order valence-electron chi connectivity index (χ0n) is 11.0. The van der Waals surface area contributed by atoms with E-state index in [9.17, 15) is 4.79 Å². The van der Waals surface area contributed by atoms with E-state index in [1.807, 2.05) is 13.0 Å². The third-order valence-electron chi connectivity index (χ3n) is 1.97. The number of methoxy groups -OCH3 is 1. The Labute approximate surface area is 100 Å². The smallest absolute Gasteiger partial charge is 0.145 e. The van der Waals surface area contributed by atoms with Gasteiger partial charge in [-0.1, -0.05) is 31.6 Å². The first-order valence-corrected chi connectivity index (χ1v) is 9.06. The minimum atomic E-state index is -1.32. The topological polar surface area (TPSA) is 26.3 Å². The summed E-state index contributed by atoms with van der Waals surface area (Å²) in [4.78, 5) is 10.4. The van der Waals surface area contributed by atoms with Crippen LogP contribution < -0.4 is 0 Å². The van der Waals surface area contributed by atoms with Crippen LogP contribution >= 0.6 is 0 Å². The van der Waals surface area contributed by atoms with Crippen molar-refractivity contribution < 1.29 is 9.53 Å². The first-order valence-electron chi connectivity index (χ1n) is 5.56. The molecule has 90 valence electrons. The number of hydrogen-bond acceptors (Lipinski definition) is 2. The van der Waals surface area contributed by atoms with Crippen LogP contribution in [-0.2, 0) is 9.53 Å². The lowest BCUT2D eigenvalue weighted by molar-refractivity contribution is -0.104. The molecule has 0 bridgehead atoms. The molecule has 0 N–H and O–H groups in total. The summed E-state index contributed by atoms with van der Waals surface area (Å²) in [5.74, 6) is 3.17. The fourth-order valence-electron chi connectivity index (χ4n) is 1.06. The zero-order valence-corrected chi connectivity index (χ0v) is 12.0. The number of hydrogen-bond donors (Lipinski definition) is 0. The summed E-state index contributed by atoms with van der Waals surface area (Å²) in [5.41, 5.74) is 4.07.